The van der Waals surface area contributed by atoms with Crippen LogP contribution in [0.25, 0.3) is 0 Å². The molecule has 1 aliphatic heterocycles. The highest BCUT2D eigenvalue weighted by atomic mass is 16.6. The van der Waals surface area contributed by atoms with Gasteiger partial charge in [0, 0.05) is 7.11 Å². The van der Waals surface area contributed by atoms with Gasteiger partial charge in [0.1, 0.15) is 6.61 Å². The number of nitrogens with zero attached hydrogens (tertiary/aromatic N) is 1. The van der Waals surface area contributed by atoms with E-state index in [-0.39, 0.29) is 24.5 Å². The number of methoxy groups -OCH3 is 1. The van der Waals surface area contributed by atoms with Crippen LogP contribution in [0.2, 0.25) is 0 Å². The lowest BCUT2D eigenvalue weighted by Gasteiger charge is -2.21. The molecule has 1 fully saturated rings. The summed E-state index contributed by atoms with van der Waals surface area (Å²) in [6.45, 7) is 7.41. The Hall–Kier alpha value is -1.62. The molecule has 0 aliphatic carbocycles. The summed E-state index contributed by atoms with van der Waals surface area (Å²) in [6, 6.07) is -0.161. The first kappa shape index (κ1) is 15.4. The maximum absolute atomic E-state index is 11.9. The molecule has 2 atom stereocenters. The number of amides is 1. The van der Waals surface area contributed by atoms with Gasteiger partial charge in [-0.05, 0) is 25.8 Å². The van der Waals surface area contributed by atoms with E-state index in [1.54, 1.807) is 25.0 Å². The summed E-state index contributed by atoms with van der Waals surface area (Å²) in [6.07, 6.45) is 3.56. The summed E-state index contributed by atoms with van der Waals surface area (Å²) in [5, 5.41) is 0. The summed E-state index contributed by atoms with van der Waals surface area (Å²) in [5.41, 5.74) is 0.642. The zero-order valence-electron chi connectivity index (χ0n) is 11.7. The standard InChI is InChI=1S/C14H21NO4/c1-5-6-19-14(17)15-9-13(18-4)8-12(15)7-10(2)11(3)16/h5,7,12-13H,1,6,8-9H2,2-4H3/b10-7+/t12-,13-/m1/s1. The van der Waals surface area contributed by atoms with Gasteiger partial charge in [-0.2, -0.15) is 0 Å². The summed E-state index contributed by atoms with van der Waals surface area (Å²) >= 11 is 0. The van der Waals surface area contributed by atoms with Crippen molar-refractivity contribution in [3.63, 3.8) is 0 Å². The van der Waals surface area contributed by atoms with Gasteiger partial charge >= 0.3 is 6.09 Å². The number of hydrogen-bond acceptors (Lipinski definition) is 4. The Bertz CT molecular complexity index is 389. The minimum Gasteiger partial charge on any atom is -0.445 e. The minimum absolute atomic E-state index is 0.000255. The molecular formula is C14H21NO4. The van der Waals surface area contributed by atoms with Gasteiger partial charge in [-0.3, -0.25) is 9.69 Å². The van der Waals surface area contributed by atoms with E-state index in [9.17, 15) is 9.59 Å². The predicted octanol–water partition coefficient (Wildman–Crippen LogP) is 1.93. The Morgan fingerprint density at radius 3 is 2.63 bits per heavy atom. The van der Waals surface area contributed by atoms with Crippen LogP contribution in [0.1, 0.15) is 20.3 Å². The average molecular weight is 267 g/mol. The van der Waals surface area contributed by atoms with Crippen LogP contribution >= 0.6 is 0 Å². The molecule has 19 heavy (non-hydrogen) atoms. The van der Waals surface area contributed by atoms with Crippen molar-refractivity contribution in [3.05, 3.63) is 24.3 Å². The smallest absolute Gasteiger partial charge is 0.410 e. The van der Waals surface area contributed by atoms with Crippen LogP contribution < -0.4 is 0 Å². The fourth-order valence-electron chi connectivity index (χ4n) is 1.98. The zero-order valence-corrected chi connectivity index (χ0v) is 11.7. The molecule has 0 aromatic carbocycles. The van der Waals surface area contributed by atoms with E-state index in [4.69, 9.17) is 9.47 Å². The van der Waals surface area contributed by atoms with Gasteiger partial charge in [0.15, 0.2) is 5.78 Å². The number of ether oxygens (including phenoxy) is 2. The van der Waals surface area contributed by atoms with Gasteiger partial charge in [-0.15, -0.1) is 0 Å². The van der Waals surface area contributed by atoms with Crippen molar-refractivity contribution in [3.8, 4) is 0 Å². The van der Waals surface area contributed by atoms with E-state index >= 15 is 0 Å². The molecule has 0 spiro atoms. The van der Waals surface area contributed by atoms with Gasteiger partial charge in [0.2, 0.25) is 0 Å². The van der Waals surface area contributed by atoms with Crippen LogP contribution in [0.4, 0.5) is 4.79 Å². The van der Waals surface area contributed by atoms with E-state index in [2.05, 4.69) is 6.58 Å². The lowest BCUT2D eigenvalue weighted by Crippen LogP contribution is -2.36. The van der Waals surface area contributed by atoms with Crippen molar-refractivity contribution < 1.29 is 19.1 Å². The number of ketones is 1. The van der Waals surface area contributed by atoms with Crippen molar-refractivity contribution in [1.82, 2.24) is 4.90 Å². The molecule has 0 aromatic heterocycles. The second-order valence-corrected chi connectivity index (χ2v) is 4.58. The van der Waals surface area contributed by atoms with Crippen LogP contribution in [0, 0.1) is 0 Å². The second kappa shape index (κ2) is 7.09. The molecule has 1 amide bonds. The molecule has 0 radical (unpaired) electrons. The Balaban J connectivity index is 2.80. The van der Waals surface area contributed by atoms with Gasteiger partial charge in [0.05, 0.1) is 18.7 Å². The van der Waals surface area contributed by atoms with Crippen molar-refractivity contribution in [2.24, 2.45) is 0 Å². The first-order chi connectivity index (χ1) is 8.99. The van der Waals surface area contributed by atoms with Crippen LogP contribution in [0.15, 0.2) is 24.3 Å². The highest BCUT2D eigenvalue weighted by molar-refractivity contribution is 5.92. The van der Waals surface area contributed by atoms with Gasteiger partial charge < -0.3 is 9.47 Å². The zero-order chi connectivity index (χ0) is 14.4. The van der Waals surface area contributed by atoms with E-state index < -0.39 is 6.09 Å². The normalized spacial score (nSPS) is 23.3. The predicted molar refractivity (Wildman–Crippen MR) is 71.9 cm³/mol. The monoisotopic (exact) mass is 267 g/mol. The minimum atomic E-state index is -0.406. The summed E-state index contributed by atoms with van der Waals surface area (Å²) < 4.78 is 10.3. The van der Waals surface area contributed by atoms with Gasteiger partial charge in [-0.25, -0.2) is 4.79 Å². The number of likely N-dealkylation sites (tertiary alicyclic amines) is 1. The summed E-state index contributed by atoms with van der Waals surface area (Å²) in [5.74, 6) is 0.000255. The van der Waals surface area contributed by atoms with Crippen LogP contribution in [-0.2, 0) is 14.3 Å². The topological polar surface area (TPSA) is 55.8 Å². The fraction of sp³-hybridized carbons (Fsp3) is 0.571. The fourth-order valence-corrected chi connectivity index (χ4v) is 1.98. The van der Waals surface area contributed by atoms with Crippen molar-refractivity contribution in [2.75, 3.05) is 20.3 Å². The molecule has 1 heterocycles. The highest BCUT2D eigenvalue weighted by Crippen LogP contribution is 2.23. The molecule has 0 aromatic rings. The largest absolute Gasteiger partial charge is 0.445 e. The molecule has 5 heteroatoms. The molecule has 106 valence electrons. The molecule has 0 unspecified atom stereocenters. The average Bonchev–Trinajstić information content (AvgIpc) is 2.78. The molecule has 0 N–H and O–H groups in total. The maximum Gasteiger partial charge on any atom is 0.410 e. The molecule has 1 saturated heterocycles. The Labute approximate surface area is 113 Å². The Kier molecular flexibility index (Phi) is 5.76. The number of carbonyl (C=O) groups is 2. The number of hydrogen-bond donors (Lipinski definition) is 0. The number of carbonyl (C=O) groups excluding carboxylic acids is 2. The van der Waals surface area contributed by atoms with E-state index in [1.165, 1.54) is 13.0 Å². The van der Waals surface area contributed by atoms with E-state index in [0.29, 0.717) is 18.5 Å². The SMILES string of the molecule is C=CCOC(=O)N1C[C@H](OC)C[C@H]1/C=C(\C)C(C)=O. The number of rotatable bonds is 5. The van der Waals surface area contributed by atoms with Gasteiger partial charge in [0.25, 0.3) is 0 Å². The lowest BCUT2D eigenvalue weighted by atomic mass is 10.1. The summed E-state index contributed by atoms with van der Waals surface area (Å²) in [7, 11) is 1.61. The van der Waals surface area contributed by atoms with E-state index in [1.807, 2.05) is 0 Å². The van der Waals surface area contributed by atoms with Crippen LogP contribution in [0.5, 0.6) is 0 Å². The molecule has 1 aliphatic rings. The first-order valence-electron chi connectivity index (χ1n) is 6.26. The van der Waals surface area contributed by atoms with Crippen LogP contribution in [0.3, 0.4) is 0 Å². The quantitative estimate of drug-likeness (QED) is 0.564. The third-order valence-electron chi connectivity index (χ3n) is 3.20. The van der Waals surface area contributed by atoms with E-state index in [0.717, 1.165) is 0 Å². The maximum atomic E-state index is 11.9. The van der Waals surface area contributed by atoms with Crippen molar-refractivity contribution in [1.29, 1.82) is 0 Å². The van der Waals surface area contributed by atoms with Crippen LogP contribution in [-0.4, -0.2) is 49.2 Å². The molecule has 5 nitrogen and oxygen atoms in total. The number of allylic oxidation sites excluding steroid dienone is 1. The summed E-state index contributed by atoms with van der Waals surface area (Å²) in [4.78, 5) is 24.8. The third-order valence-corrected chi connectivity index (χ3v) is 3.20. The second-order valence-electron chi connectivity index (χ2n) is 4.58. The molecular weight excluding hydrogens is 246 g/mol. The number of Topliss-reactive ketones (excluding diaryl/α,β-unsaturated/α-hetero) is 1. The highest BCUT2D eigenvalue weighted by Gasteiger charge is 2.35. The Morgan fingerprint density at radius 1 is 1.42 bits per heavy atom. The van der Waals surface area contributed by atoms with Gasteiger partial charge in [-0.1, -0.05) is 18.7 Å². The molecule has 0 bridgehead atoms. The Morgan fingerprint density at radius 2 is 2.11 bits per heavy atom. The van der Waals surface area contributed by atoms with Crippen molar-refractivity contribution >= 4 is 11.9 Å². The lowest BCUT2D eigenvalue weighted by molar-refractivity contribution is -0.113. The third kappa shape index (κ3) is 4.21. The first-order valence-corrected chi connectivity index (χ1v) is 6.26. The molecule has 1 rings (SSSR count). The molecule has 0 saturated carbocycles. The van der Waals surface area contributed by atoms with Crippen molar-refractivity contribution in [2.45, 2.75) is 32.4 Å².